The van der Waals surface area contributed by atoms with E-state index in [0.29, 0.717) is 12.8 Å². The molecule has 0 saturated carbocycles. The monoisotopic (exact) mass is 402 g/mol. The average Bonchev–Trinajstić information content (AvgIpc) is 3.31. The van der Waals surface area contributed by atoms with Crippen molar-refractivity contribution in [3.05, 3.63) is 60.3 Å². The number of aromatic amines is 2. The van der Waals surface area contributed by atoms with Gasteiger partial charge in [0.1, 0.15) is 6.29 Å². The van der Waals surface area contributed by atoms with Gasteiger partial charge >= 0.3 is 0 Å². The summed E-state index contributed by atoms with van der Waals surface area (Å²) in [5.74, 6) is 0. The van der Waals surface area contributed by atoms with E-state index in [-0.39, 0.29) is 0 Å². The zero-order valence-corrected chi connectivity index (χ0v) is 17.7. The van der Waals surface area contributed by atoms with E-state index in [0.717, 1.165) is 66.7 Å². The maximum atomic E-state index is 12.4. The van der Waals surface area contributed by atoms with E-state index in [4.69, 9.17) is 0 Å². The first kappa shape index (κ1) is 20.2. The number of fused-ring (bicyclic) bond motifs is 5. The average molecular weight is 403 g/mol. The third-order valence-corrected chi connectivity index (χ3v) is 6.23. The van der Waals surface area contributed by atoms with Crippen LogP contribution >= 0.6 is 0 Å². The molecule has 156 valence electrons. The number of aromatic nitrogens is 3. The lowest BCUT2D eigenvalue weighted by atomic mass is 9.75. The minimum absolute atomic E-state index is 0.569. The molecule has 0 unspecified atom stereocenters. The van der Waals surface area contributed by atoms with Crippen molar-refractivity contribution in [1.29, 1.82) is 0 Å². The molecule has 5 heteroatoms. The Morgan fingerprint density at radius 2 is 2.00 bits per heavy atom. The first-order valence-corrected chi connectivity index (χ1v) is 10.8. The molecule has 3 aromatic rings. The van der Waals surface area contributed by atoms with Gasteiger partial charge in [0, 0.05) is 23.1 Å². The molecule has 0 bridgehead atoms. The van der Waals surface area contributed by atoms with Crippen LogP contribution in [0.25, 0.3) is 22.3 Å². The molecule has 2 aromatic heterocycles. The van der Waals surface area contributed by atoms with Crippen LogP contribution in [-0.4, -0.2) is 28.0 Å². The topological polar surface area (TPSA) is 73.6 Å². The van der Waals surface area contributed by atoms with Crippen molar-refractivity contribution in [3.63, 3.8) is 0 Å². The molecule has 1 aromatic carbocycles. The van der Waals surface area contributed by atoms with Crippen molar-refractivity contribution >= 4 is 22.9 Å². The normalized spacial score (nSPS) is 13.4. The van der Waals surface area contributed by atoms with Gasteiger partial charge in [-0.25, -0.2) is 0 Å². The predicted octanol–water partition coefficient (Wildman–Crippen LogP) is 5.46. The minimum Gasteiger partial charge on any atom is -0.385 e. The van der Waals surface area contributed by atoms with Gasteiger partial charge in [-0.2, -0.15) is 5.10 Å². The molecule has 1 aliphatic carbocycles. The molecule has 30 heavy (non-hydrogen) atoms. The molecule has 0 aliphatic heterocycles. The number of allylic oxidation sites excluding steroid dienone is 2. The number of anilines is 1. The second-order valence-electron chi connectivity index (χ2n) is 8.23. The summed E-state index contributed by atoms with van der Waals surface area (Å²) < 4.78 is 0. The van der Waals surface area contributed by atoms with Crippen LogP contribution in [-0.2, 0) is 23.1 Å². The summed E-state index contributed by atoms with van der Waals surface area (Å²) in [5, 5.41) is 12.2. The van der Waals surface area contributed by atoms with Crippen LogP contribution in [0, 0.1) is 0 Å². The number of H-pyrrole nitrogens is 2. The van der Waals surface area contributed by atoms with Gasteiger partial charge in [-0.3, -0.25) is 5.10 Å². The van der Waals surface area contributed by atoms with Crippen LogP contribution in [0.5, 0.6) is 0 Å². The quantitative estimate of drug-likeness (QED) is 0.329. The Labute approximate surface area is 177 Å². The Morgan fingerprint density at radius 1 is 1.20 bits per heavy atom. The summed E-state index contributed by atoms with van der Waals surface area (Å²) in [5.41, 5.74) is 7.19. The Balaban J connectivity index is 1.96. The molecule has 0 atom stereocenters. The van der Waals surface area contributed by atoms with E-state index in [1.807, 2.05) is 18.3 Å². The summed E-state index contributed by atoms with van der Waals surface area (Å²) in [6, 6.07) is 4.38. The lowest BCUT2D eigenvalue weighted by molar-refractivity contribution is -0.112. The fourth-order valence-corrected chi connectivity index (χ4v) is 4.74. The Hall–Kier alpha value is -3.08. The first-order valence-electron chi connectivity index (χ1n) is 10.8. The molecule has 0 spiro atoms. The molecule has 2 heterocycles. The van der Waals surface area contributed by atoms with E-state index in [2.05, 4.69) is 52.7 Å². The van der Waals surface area contributed by atoms with Gasteiger partial charge in [0.25, 0.3) is 0 Å². The van der Waals surface area contributed by atoms with Crippen LogP contribution in [0.2, 0.25) is 0 Å². The number of hydrogen-bond donors (Lipinski definition) is 3. The van der Waals surface area contributed by atoms with Crippen LogP contribution in [0.1, 0.15) is 49.3 Å². The van der Waals surface area contributed by atoms with Crippen LogP contribution in [0.3, 0.4) is 0 Å². The Morgan fingerprint density at radius 3 is 2.70 bits per heavy atom. The van der Waals surface area contributed by atoms with E-state index in [1.54, 1.807) is 0 Å². The highest BCUT2D eigenvalue weighted by molar-refractivity contribution is 5.95. The molecule has 3 N–H and O–H groups in total. The van der Waals surface area contributed by atoms with Gasteiger partial charge in [0.05, 0.1) is 23.0 Å². The van der Waals surface area contributed by atoms with Crippen molar-refractivity contribution in [2.45, 2.75) is 50.9 Å². The van der Waals surface area contributed by atoms with Crippen LogP contribution < -0.4 is 5.32 Å². The molecule has 0 fully saturated rings. The summed E-state index contributed by atoms with van der Waals surface area (Å²) >= 11 is 0. The number of nitrogens with one attached hydrogen (secondary N) is 3. The zero-order valence-electron chi connectivity index (χ0n) is 17.7. The van der Waals surface area contributed by atoms with Gasteiger partial charge in [-0.15, -0.1) is 13.2 Å². The Bertz CT molecular complexity index is 1080. The van der Waals surface area contributed by atoms with Gasteiger partial charge < -0.3 is 15.1 Å². The molecule has 5 nitrogen and oxygen atoms in total. The fraction of sp³-hybridized carbons (Fsp3) is 0.360. The maximum absolute atomic E-state index is 12.4. The SMILES string of the molecule is C=CCC(C=O)(CC=C)c1cc2[nH]c3c(c2cc1NCCC)CCCc1cn[nH]c1-3. The molecular formula is C25H30N4O. The van der Waals surface area contributed by atoms with Gasteiger partial charge in [0.15, 0.2) is 0 Å². The molecule has 0 amide bonds. The van der Waals surface area contributed by atoms with Gasteiger partial charge in [-0.05, 0) is 67.3 Å². The number of rotatable bonds is 9. The third-order valence-electron chi connectivity index (χ3n) is 6.23. The zero-order chi connectivity index (χ0) is 21.1. The highest BCUT2D eigenvalue weighted by Crippen LogP contribution is 2.42. The fourth-order valence-electron chi connectivity index (χ4n) is 4.74. The number of carbonyl (C=O) groups excluding carboxylic acids is 1. The van der Waals surface area contributed by atoms with Crippen molar-refractivity contribution in [3.8, 4) is 11.4 Å². The number of carbonyl (C=O) groups is 1. The summed E-state index contributed by atoms with van der Waals surface area (Å²) in [7, 11) is 0. The molecule has 0 saturated heterocycles. The number of aryl methyl sites for hydroxylation is 2. The highest BCUT2D eigenvalue weighted by atomic mass is 16.1. The van der Waals surface area contributed by atoms with Crippen molar-refractivity contribution in [2.75, 3.05) is 11.9 Å². The molecule has 4 rings (SSSR count). The van der Waals surface area contributed by atoms with Gasteiger partial charge in [-0.1, -0.05) is 19.1 Å². The summed E-state index contributed by atoms with van der Waals surface area (Å²) in [4.78, 5) is 16.0. The first-order chi connectivity index (χ1) is 14.7. The second kappa shape index (κ2) is 8.34. The number of nitrogens with zero attached hydrogens (tertiary/aromatic N) is 1. The minimum atomic E-state index is -0.671. The lowest BCUT2D eigenvalue weighted by Gasteiger charge is -2.29. The summed E-state index contributed by atoms with van der Waals surface area (Å²) in [6.45, 7) is 10.8. The van der Waals surface area contributed by atoms with E-state index in [1.165, 1.54) is 16.5 Å². The largest absolute Gasteiger partial charge is 0.385 e. The van der Waals surface area contributed by atoms with Gasteiger partial charge in [0.2, 0.25) is 0 Å². The van der Waals surface area contributed by atoms with E-state index in [9.17, 15) is 4.79 Å². The highest BCUT2D eigenvalue weighted by Gasteiger charge is 2.33. The van der Waals surface area contributed by atoms with Crippen LogP contribution in [0.4, 0.5) is 5.69 Å². The third kappa shape index (κ3) is 3.28. The van der Waals surface area contributed by atoms with Crippen molar-refractivity contribution < 1.29 is 4.79 Å². The molecule has 0 radical (unpaired) electrons. The Kier molecular flexibility index (Phi) is 5.62. The van der Waals surface area contributed by atoms with E-state index >= 15 is 0 Å². The lowest BCUT2D eigenvalue weighted by Crippen LogP contribution is -2.28. The standard InChI is InChI=1S/C25H30N4O/c1-4-10-25(16-30,11-5-2)20-14-21-19(13-22(20)26-12-6-3)18-9-7-8-17-15-27-29-23(17)24(18)28-21/h4-5,13-16,26,28H,1-2,6-12H2,3H3,(H,27,29). The van der Waals surface area contributed by atoms with Crippen LogP contribution in [0.15, 0.2) is 43.6 Å². The maximum Gasteiger partial charge on any atom is 0.131 e. The van der Waals surface area contributed by atoms with Crippen molar-refractivity contribution in [2.24, 2.45) is 0 Å². The molecule has 1 aliphatic rings. The van der Waals surface area contributed by atoms with E-state index < -0.39 is 5.41 Å². The number of aldehydes is 1. The predicted molar refractivity (Wildman–Crippen MR) is 124 cm³/mol. The smallest absolute Gasteiger partial charge is 0.131 e. The second-order valence-corrected chi connectivity index (χ2v) is 8.23. The summed E-state index contributed by atoms with van der Waals surface area (Å²) in [6.07, 6.45) is 11.9. The number of benzene rings is 1. The van der Waals surface area contributed by atoms with Crippen molar-refractivity contribution in [1.82, 2.24) is 15.2 Å². The number of hydrogen-bond acceptors (Lipinski definition) is 3. The molecular weight excluding hydrogens is 372 g/mol.